The zero-order valence-corrected chi connectivity index (χ0v) is 18.4. The third-order valence-corrected chi connectivity index (χ3v) is 4.60. The van der Waals surface area contributed by atoms with Crippen LogP contribution >= 0.6 is 47.0 Å². The van der Waals surface area contributed by atoms with E-state index in [0.29, 0.717) is 12.1 Å². The summed E-state index contributed by atoms with van der Waals surface area (Å²) in [4.78, 5) is 22.4. The van der Waals surface area contributed by atoms with Gasteiger partial charge in [0.15, 0.2) is 5.11 Å². The summed E-state index contributed by atoms with van der Waals surface area (Å²) in [5, 5.41) is 19.0. The highest BCUT2D eigenvalue weighted by Crippen LogP contribution is 2.29. The number of non-ortho nitro benzene ring substituents is 1. The Hall–Kier alpha value is -1.35. The second-order valence-electron chi connectivity index (χ2n) is 6.11. The van der Waals surface area contributed by atoms with Gasteiger partial charge in [-0.15, -0.1) is 0 Å². The average Bonchev–Trinajstić information content (AvgIpc) is 2.60. The fourth-order valence-corrected chi connectivity index (χ4v) is 2.88. The van der Waals surface area contributed by atoms with E-state index in [1.54, 1.807) is 6.07 Å². The third kappa shape index (κ3) is 9.73. The molecule has 0 saturated heterocycles. The maximum absolute atomic E-state index is 12.1. The number of nitro benzene ring substituents is 1. The molecule has 0 saturated carbocycles. The van der Waals surface area contributed by atoms with E-state index in [-0.39, 0.29) is 16.7 Å². The quantitative estimate of drug-likeness (QED) is 0.111. The minimum absolute atomic E-state index is 0.0417. The molecule has 0 heterocycles. The van der Waals surface area contributed by atoms with Crippen LogP contribution in [0.4, 0.5) is 11.4 Å². The summed E-state index contributed by atoms with van der Waals surface area (Å²) < 4.78 is -1.85. The number of nitrogens with zero attached hydrogens (tertiary/aromatic N) is 1. The van der Waals surface area contributed by atoms with Crippen LogP contribution in [0.1, 0.15) is 45.4 Å². The molecule has 0 aliphatic heterocycles. The van der Waals surface area contributed by atoms with E-state index < -0.39 is 14.9 Å². The van der Waals surface area contributed by atoms with Crippen LogP contribution in [0.3, 0.4) is 0 Å². The van der Waals surface area contributed by atoms with Gasteiger partial charge in [-0.3, -0.25) is 14.9 Å². The number of hydrogen-bond donors (Lipinski definition) is 3. The van der Waals surface area contributed by atoms with Gasteiger partial charge in [0.1, 0.15) is 6.17 Å². The van der Waals surface area contributed by atoms with E-state index in [9.17, 15) is 14.9 Å². The summed E-state index contributed by atoms with van der Waals surface area (Å²) in [6.45, 7) is 2.12. The summed E-state index contributed by atoms with van der Waals surface area (Å²) in [5.41, 5.74) is 0.291. The summed E-state index contributed by atoms with van der Waals surface area (Å²) in [7, 11) is 0. The molecule has 0 aromatic heterocycles. The molecule has 156 valence electrons. The maximum atomic E-state index is 12.1. The highest BCUT2D eigenvalue weighted by Gasteiger charge is 2.34. The van der Waals surface area contributed by atoms with Gasteiger partial charge < -0.3 is 16.0 Å². The molecule has 1 unspecified atom stereocenters. The van der Waals surface area contributed by atoms with Crippen molar-refractivity contribution in [1.29, 1.82) is 0 Å². The van der Waals surface area contributed by atoms with Crippen LogP contribution in [0.15, 0.2) is 24.3 Å². The van der Waals surface area contributed by atoms with Crippen molar-refractivity contribution in [3.8, 4) is 0 Å². The van der Waals surface area contributed by atoms with Crippen LogP contribution in [0.25, 0.3) is 0 Å². The Kier molecular flexibility index (Phi) is 10.8. The molecular weight excluding hydrogens is 447 g/mol. The number of halogens is 3. The first kappa shape index (κ1) is 24.7. The number of carbonyl (C=O) groups is 1. The molecule has 7 nitrogen and oxygen atoms in total. The molecule has 1 aromatic carbocycles. The van der Waals surface area contributed by atoms with Crippen LogP contribution in [0, 0.1) is 10.1 Å². The standard InChI is InChI=1S/C17H23Cl3N4O3S/c1-2-3-4-5-6-10-14(25)22-15(17(18,19)20)23-16(28)21-12-8-7-9-13(11-12)24(26)27/h7-9,11,15H,2-6,10H2,1H3,(H,22,25)(H2,21,23,28). The third-order valence-electron chi connectivity index (χ3n) is 3.73. The van der Waals surface area contributed by atoms with E-state index in [1.165, 1.54) is 18.2 Å². The Bertz CT molecular complexity index is 686. The number of benzene rings is 1. The zero-order chi connectivity index (χ0) is 21.2. The molecule has 0 bridgehead atoms. The molecule has 28 heavy (non-hydrogen) atoms. The van der Waals surface area contributed by atoms with Crippen molar-refractivity contribution >= 4 is 69.4 Å². The van der Waals surface area contributed by atoms with Crippen molar-refractivity contribution in [3.05, 3.63) is 34.4 Å². The number of carbonyl (C=O) groups excluding carboxylic acids is 1. The molecule has 0 aliphatic rings. The van der Waals surface area contributed by atoms with Gasteiger partial charge >= 0.3 is 0 Å². The number of alkyl halides is 3. The highest BCUT2D eigenvalue weighted by atomic mass is 35.6. The van der Waals surface area contributed by atoms with E-state index in [2.05, 4.69) is 22.9 Å². The van der Waals surface area contributed by atoms with Crippen LogP contribution < -0.4 is 16.0 Å². The molecular formula is C17H23Cl3N4O3S. The fraction of sp³-hybridized carbons (Fsp3) is 0.529. The minimum Gasteiger partial charge on any atom is -0.339 e. The predicted octanol–water partition coefficient (Wildman–Crippen LogP) is 5.05. The van der Waals surface area contributed by atoms with Crippen LogP contribution in [0.5, 0.6) is 0 Å². The number of anilines is 1. The van der Waals surface area contributed by atoms with E-state index in [0.717, 1.165) is 32.1 Å². The monoisotopic (exact) mass is 468 g/mol. The lowest BCUT2D eigenvalue weighted by molar-refractivity contribution is -0.384. The fourth-order valence-electron chi connectivity index (χ4n) is 2.32. The first-order chi connectivity index (χ1) is 13.1. The lowest BCUT2D eigenvalue weighted by Gasteiger charge is -2.27. The molecule has 0 spiro atoms. The van der Waals surface area contributed by atoms with Crippen molar-refractivity contribution in [2.45, 2.75) is 55.4 Å². The van der Waals surface area contributed by atoms with E-state index in [4.69, 9.17) is 47.0 Å². The molecule has 1 atom stereocenters. The van der Waals surface area contributed by atoms with Gasteiger partial charge in [-0.05, 0) is 24.7 Å². The summed E-state index contributed by atoms with van der Waals surface area (Å²) in [6, 6.07) is 5.77. The van der Waals surface area contributed by atoms with Crippen LogP contribution in [-0.2, 0) is 4.79 Å². The number of nitro groups is 1. The average molecular weight is 470 g/mol. The minimum atomic E-state index is -1.85. The normalized spacial score (nSPS) is 12.1. The van der Waals surface area contributed by atoms with Crippen molar-refractivity contribution in [2.24, 2.45) is 0 Å². The molecule has 3 N–H and O–H groups in total. The van der Waals surface area contributed by atoms with Gasteiger partial charge in [-0.1, -0.05) is 73.5 Å². The second-order valence-corrected chi connectivity index (χ2v) is 8.89. The van der Waals surface area contributed by atoms with Gasteiger partial charge in [0.05, 0.1) is 4.92 Å². The number of unbranched alkanes of at least 4 members (excludes halogenated alkanes) is 4. The number of thiocarbonyl (C=S) groups is 1. The van der Waals surface area contributed by atoms with Gasteiger partial charge in [-0.2, -0.15) is 0 Å². The van der Waals surface area contributed by atoms with Crippen molar-refractivity contribution in [2.75, 3.05) is 5.32 Å². The van der Waals surface area contributed by atoms with Crippen LogP contribution in [0.2, 0.25) is 0 Å². The molecule has 11 heteroatoms. The van der Waals surface area contributed by atoms with Gasteiger partial charge in [0.25, 0.3) is 5.69 Å². The first-order valence-corrected chi connectivity index (χ1v) is 10.4. The van der Waals surface area contributed by atoms with Crippen molar-refractivity contribution in [1.82, 2.24) is 10.6 Å². The largest absolute Gasteiger partial charge is 0.339 e. The zero-order valence-electron chi connectivity index (χ0n) is 15.3. The first-order valence-electron chi connectivity index (χ1n) is 8.81. The lowest BCUT2D eigenvalue weighted by Crippen LogP contribution is -2.56. The number of rotatable bonds is 10. The number of amides is 1. The Morgan fingerprint density at radius 1 is 1.21 bits per heavy atom. The molecule has 0 fully saturated rings. The molecule has 0 aliphatic carbocycles. The molecule has 0 radical (unpaired) electrons. The van der Waals surface area contributed by atoms with Crippen LogP contribution in [-0.4, -0.2) is 25.9 Å². The lowest BCUT2D eigenvalue weighted by atomic mass is 10.1. The second kappa shape index (κ2) is 12.3. The van der Waals surface area contributed by atoms with Crippen molar-refractivity contribution < 1.29 is 9.72 Å². The molecule has 1 amide bonds. The van der Waals surface area contributed by atoms with Crippen molar-refractivity contribution in [3.63, 3.8) is 0 Å². The summed E-state index contributed by atoms with van der Waals surface area (Å²) in [5.74, 6) is -0.265. The topological polar surface area (TPSA) is 96.3 Å². The smallest absolute Gasteiger partial charge is 0.271 e. The summed E-state index contributed by atoms with van der Waals surface area (Å²) >= 11 is 23.0. The number of hydrogen-bond acceptors (Lipinski definition) is 4. The Morgan fingerprint density at radius 3 is 2.50 bits per heavy atom. The Labute approximate surface area is 184 Å². The Balaban J connectivity index is 2.61. The van der Waals surface area contributed by atoms with Gasteiger partial charge in [0, 0.05) is 24.2 Å². The maximum Gasteiger partial charge on any atom is 0.271 e. The van der Waals surface area contributed by atoms with E-state index >= 15 is 0 Å². The number of nitrogens with one attached hydrogen (secondary N) is 3. The molecule has 1 aromatic rings. The summed E-state index contributed by atoms with van der Waals surface area (Å²) in [6.07, 6.45) is 4.28. The SMILES string of the molecule is CCCCCCCC(=O)NC(NC(=S)Nc1cccc([N+](=O)[O-])c1)C(Cl)(Cl)Cl. The Morgan fingerprint density at radius 2 is 1.89 bits per heavy atom. The van der Waals surface area contributed by atoms with E-state index in [1.807, 2.05) is 0 Å². The van der Waals surface area contributed by atoms with Gasteiger partial charge in [0.2, 0.25) is 9.70 Å². The van der Waals surface area contributed by atoms with Gasteiger partial charge in [-0.25, -0.2) is 0 Å². The molecule has 1 rings (SSSR count). The highest BCUT2D eigenvalue weighted by molar-refractivity contribution is 7.80. The predicted molar refractivity (Wildman–Crippen MR) is 118 cm³/mol.